The van der Waals surface area contributed by atoms with Crippen molar-refractivity contribution in [3.63, 3.8) is 0 Å². The Bertz CT molecular complexity index is 123. The summed E-state index contributed by atoms with van der Waals surface area (Å²) in [6, 6.07) is 0. The van der Waals surface area contributed by atoms with Crippen LogP contribution in [0.15, 0.2) is 0 Å². The van der Waals surface area contributed by atoms with Crippen molar-refractivity contribution in [3.05, 3.63) is 0 Å². The number of unbranched alkanes of at least 4 members (excludes halogenated alkanes) is 2. The van der Waals surface area contributed by atoms with Crippen LogP contribution in [0.3, 0.4) is 0 Å². The van der Waals surface area contributed by atoms with Crippen molar-refractivity contribution in [2.75, 3.05) is 26.4 Å². The summed E-state index contributed by atoms with van der Waals surface area (Å²) in [4.78, 5) is 10.1. The lowest BCUT2D eigenvalue weighted by Crippen LogP contribution is -2.00. The van der Waals surface area contributed by atoms with Gasteiger partial charge in [-0.05, 0) is 25.7 Å². The molecule has 3 N–H and O–H groups in total. The molecule has 0 saturated heterocycles. The SMILES string of the molecule is CC(=O)OCCCCO.OCCCCO. The highest BCUT2D eigenvalue weighted by atomic mass is 16.5. The van der Waals surface area contributed by atoms with Crippen molar-refractivity contribution >= 4 is 5.97 Å². The molecule has 0 amide bonds. The number of hydrogen-bond donors (Lipinski definition) is 3. The van der Waals surface area contributed by atoms with Crippen molar-refractivity contribution in [1.29, 1.82) is 0 Å². The van der Waals surface area contributed by atoms with Gasteiger partial charge in [-0.2, -0.15) is 0 Å². The van der Waals surface area contributed by atoms with Crippen LogP contribution in [-0.2, 0) is 9.53 Å². The molecule has 0 aliphatic carbocycles. The van der Waals surface area contributed by atoms with E-state index in [4.69, 9.17) is 15.3 Å². The Morgan fingerprint density at radius 2 is 1.33 bits per heavy atom. The molecule has 0 atom stereocenters. The fraction of sp³-hybridized carbons (Fsp3) is 0.900. The van der Waals surface area contributed by atoms with Crippen LogP contribution in [-0.4, -0.2) is 47.7 Å². The molecule has 0 rings (SSSR count). The summed E-state index contributed by atoms with van der Waals surface area (Å²) >= 11 is 0. The van der Waals surface area contributed by atoms with Gasteiger partial charge in [-0.25, -0.2) is 0 Å². The van der Waals surface area contributed by atoms with Gasteiger partial charge in [0.2, 0.25) is 0 Å². The minimum Gasteiger partial charge on any atom is -0.466 e. The smallest absolute Gasteiger partial charge is 0.302 e. The average molecular weight is 222 g/mol. The van der Waals surface area contributed by atoms with Crippen LogP contribution in [0, 0.1) is 0 Å². The maximum absolute atomic E-state index is 10.1. The van der Waals surface area contributed by atoms with Crippen LogP contribution < -0.4 is 0 Å². The van der Waals surface area contributed by atoms with Crippen molar-refractivity contribution in [3.8, 4) is 0 Å². The predicted molar refractivity (Wildman–Crippen MR) is 56.4 cm³/mol. The molecule has 0 aromatic rings. The second-order valence-corrected chi connectivity index (χ2v) is 2.93. The molecule has 0 spiro atoms. The molecular weight excluding hydrogens is 200 g/mol. The zero-order chi connectivity index (χ0) is 11.9. The number of rotatable bonds is 7. The van der Waals surface area contributed by atoms with Crippen LogP contribution in [0.5, 0.6) is 0 Å². The Morgan fingerprint density at radius 1 is 0.933 bits per heavy atom. The lowest BCUT2D eigenvalue weighted by Gasteiger charge is -1.97. The molecule has 0 aromatic heterocycles. The third kappa shape index (κ3) is 24.7. The van der Waals surface area contributed by atoms with Crippen LogP contribution in [0.2, 0.25) is 0 Å². The summed E-state index contributed by atoms with van der Waals surface area (Å²) in [6.07, 6.45) is 2.89. The van der Waals surface area contributed by atoms with E-state index in [2.05, 4.69) is 4.74 Å². The Morgan fingerprint density at radius 3 is 1.67 bits per heavy atom. The lowest BCUT2D eigenvalue weighted by molar-refractivity contribution is -0.141. The number of aliphatic hydroxyl groups excluding tert-OH is 3. The number of ether oxygens (including phenoxy) is 1. The molecular formula is C10H22O5. The number of aliphatic hydroxyl groups is 3. The van der Waals surface area contributed by atoms with E-state index in [1.54, 1.807) is 0 Å². The molecule has 15 heavy (non-hydrogen) atoms. The Labute approximate surface area is 90.7 Å². The third-order valence-corrected chi connectivity index (χ3v) is 1.42. The van der Waals surface area contributed by atoms with Crippen molar-refractivity contribution in [1.82, 2.24) is 0 Å². The van der Waals surface area contributed by atoms with Gasteiger partial charge in [-0.15, -0.1) is 0 Å². The van der Waals surface area contributed by atoms with Gasteiger partial charge in [0.05, 0.1) is 6.61 Å². The minimum atomic E-state index is -0.257. The molecule has 0 radical (unpaired) electrons. The largest absolute Gasteiger partial charge is 0.466 e. The van der Waals surface area contributed by atoms with E-state index >= 15 is 0 Å². The van der Waals surface area contributed by atoms with Crippen molar-refractivity contribution in [2.24, 2.45) is 0 Å². The van der Waals surface area contributed by atoms with E-state index in [1.165, 1.54) is 6.92 Å². The van der Waals surface area contributed by atoms with Gasteiger partial charge in [0, 0.05) is 26.7 Å². The lowest BCUT2D eigenvalue weighted by atomic mass is 10.3. The normalized spacial score (nSPS) is 9.07. The van der Waals surface area contributed by atoms with Gasteiger partial charge in [-0.1, -0.05) is 0 Å². The monoisotopic (exact) mass is 222 g/mol. The summed E-state index contributed by atoms with van der Waals surface area (Å²) in [7, 11) is 0. The summed E-state index contributed by atoms with van der Waals surface area (Å²) in [5.41, 5.74) is 0. The molecule has 0 aromatic carbocycles. The van der Waals surface area contributed by atoms with Crippen LogP contribution in [0.1, 0.15) is 32.6 Å². The summed E-state index contributed by atoms with van der Waals surface area (Å²) in [5, 5.41) is 24.5. The van der Waals surface area contributed by atoms with E-state index in [-0.39, 0.29) is 25.8 Å². The molecule has 5 nitrogen and oxygen atoms in total. The van der Waals surface area contributed by atoms with E-state index < -0.39 is 0 Å². The number of esters is 1. The zero-order valence-electron chi connectivity index (χ0n) is 9.31. The highest BCUT2D eigenvalue weighted by Gasteiger charge is 1.90. The summed E-state index contributed by atoms with van der Waals surface area (Å²) in [5.74, 6) is -0.257. The maximum Gasteiger partial charge on any atom is 0.302 e. The van der Waals surface area contributed by atoms with Crippen LogP contribution >= 0.6 is 0 Å². The molecule has 0 heterocycles. The van der Waals surface area contributed by atoms with Gasteiger partial charge in [0.1, 0.15) is 0 Å². The first-order valence-corrected chi connectivity index (χ1v) is 5.15. The van der Waals surface area contributed by atoms with Gasteiger partial charge in [0.15, 0.2) is 0 Å². The minimum absolute atomic E-state index is 0.168. The maximum atomic E-state index is 10.1. The number of hydrogen-bond acceptors (Lipinski definition) is 5. The van der Waals surface area contributed by atoms with Gasteiger partial charge < -0.3 is 20.1 Å². The summed E-state index contributed by atoms with van der Waals surface area (Å²) in [6.45, 7) is 2.36. The topological polar surface area (TPSA) is 87.0 Å². The van der Waals surface area contributed by atoms with Crippen molar-refractivity contribution in [2.45, 2.75) is 32.6 Å². The molecule has 92 valence electrons. The fourth-order valence-electron chi connectivity index (χ4n) is 0.653. The first-order chi connectivity index (χ1) is 7.18. The zero-order valence-corrected chi connectivity index (χ0v) is 9.31. The van der Waals surface area contributed by atoms with Crippen LogP contribution in [0.4, 0.5) is 0 Å². The Kier molecular flexibility index (Phi) is 17.7. The number of carbonyl (C=O) groups excluding carboxylic acids is 1. The second-order valence-electron chi connectivity index (χ2n) is 2.93. The van der Waals surface area contributed by atoms with Crippen LogP contribution in [0.25, 0.3) is 0 Å². The quantitative estimate of drug-likeness (QED) is 0.419. The van der Waals surface area contributed by atoms with E-state index in [9.17, 15) is 4.79 Å². The molecule has 0 saturated carbocycles. The molecule has 0 fully saturated rings. The average Bonchev–Trinajstić information content (AvgIpc) is 2.22. The first-order valence-electron chi connectivity index (χ1n) is 5.15. The van der Waals surface area contributed by atoms with Gasteiger partial charge in [0.25, 0.3) is 0 Å². The molecule has 5 heteroatoms. The third-order valence-electron chi connectivity index (χ3n) is 1.42. The summed E-state index contributed by atoms with van der Waals surface area (Å²) < 4.78 is 4.59. The van der Waals surface area contributed by atoms with E-state index in [0.29, 0.717) is 13.0 Å². The standard InChI is InChI=1S/C6H12O3.C4H10O2/c1-6(8)9-5-3-2-4-7;5-3-1-2-4-6/h7H,2-5H2,1H3;5-6H,1-4H2. The second kappa shape index (κ2) is 15.8. The first kappa shape index (κ1) is 16.8. The number of carbonyl (C=O) groups is 1. The highest BCUT2D eigenvalue weighted by molar-refractivity contribution is 5.65. The van der Waals surface area contributed by atoms with Gasteiger partial charge >= 0.3 is 5.97 Å². The van der Waals surface area contributed by atoms with Crippen molar-refractivity contribution < 1.29 is 24.9 Å². The van der Waals surface area contributed by atoms with E-state index in [0.717, 1.165) is 19.3 Å². The predicted octanol–water partition coefficient (Wildman–Crippen LogP) is 0.0732. The molecule has 0 unspecified atom stereocenters. The Hall–Kier alpha value is -0.650. The molecule has 0 aliphatic heterocycles. The van der Waals surface area contributed by atoms with E-state index in [1.807, 2.05) is 0 Å². The molecule has 0 aliphatic rings. The van der Waals surface area contributed by atoms with Gasteiger partial charge in [-0.3, -0.25) is 4.79 Å². The highest BCUT2D eigenvalue weighted by Crippen LogP contribution is 1.87. The fourth-order valence-corrected chi connectivity index (χ4v) is 0.653. The molecule has 0 bridgehead atoms. The Balaban J connectivity index is 0.